The molecule has 5 heteroatoms. The number of carbonyl (C=O) groups excluding carboxylic acids is 1. The molecule has 0 saturated carbocycles. The van der Waals surface area contributed by atoms with Gasteiger partial charge in [-0.2, -0.15) is 11.8 Å². The van der Waals surface area contributed by atoms with Crippen LogP contribution < -0.4 is 0 Å². The van der Waals surface area contributed by atoms with Crippen molar-refractivity contribution in [1.82, 2.24) is 4.90 Å². The molecule has 1 unspecified atom stereocenters. The van der Waals surface area contributed by atoms with Gasteiger partial charge in [0, 0.05) is 18.7 Å². The van der Waals surface area contributed by atoms with Gasteiger partial charge < -0.3 is 10.0 Å². The Bertz CT molecular complexity index is 551. The number of thioether (sulfide) groups is 1. The minimum Gasteiger partial charge on any atom is -0.384 e. The van der Waals surface area contributed by atoms with Crippen LogP contribution in [0.4, 0.5) is 4.39 Å². The Morgan fingerprint density at radius 3 is 2.86 bits per heavy atom. The summed E-state index contributed by atoms with van der Waals surface area (Å²) < 4.78 is 13.9. The van der Waals surface area contributed by atoms with E-state index in [9.17, 15) is 9.18 Å². The molecule has 0 aliphatic carbocycles. The van der Waals surface area contributed by atoms with E-state index in [1.165, 1.54) is 18.2 Å². The number of benzene rings is 1. The van der Waals surface area contributed by atoms with E-state index in [2.05, 4.69) is 11.8 Å². The van der Waals surface area contributed by atoms with Gasteiger partial charge in [0.25, 0.3) is 5.91 Å². The molecule has 114 valence electrons. The molecule has 0 bridgehead atoms. The number of aliphatic hydroxyl groups excluding tert-OH is 1. The van der Waals surface area contributed by atoms with Crippen LogP contribution in [-0.4, -0.2) is 47.6 Å². The zero-order chi connectivity index (χ0) is 15.8. The molecule has 0 aliphatic rings. The first-order valence-electron chi connectivity index (χ1n) is 6.66. The van der Waals surface area contributed by atoms with Gasteiger partial charge in [-0.3, -0.25) is 4.79 Å². The molecule has 1 atom stereocenters. The second-order valence-corrected chi connectivity index (χ2v) is 5.69. The van der Waals surface area contributed by atoms with Crippen molar-refractivity contribution in [2.45, 2.75) is 19.4 Å². The Kier molecular flexibility index (Phi) is 7.27. The summed E-state index contributed by atoms with van der Waals surface area (Å²) in [4.78, 5) is 13.9. The number of halogens is 1. The van der Waals surface area contributed by atoms with E-state index < -0.39 is 5.82 Å². The number of hydrogen-bond donors (Lipinski definition) is 1. The van der Waals surface area contributed by atoms with Crippen molar-refractivity contribution in [1.29, 1.82) is 0 Å². The summed E-state index contributed by atoms with van der Waals surface area (Å²) in [5.41, 5.74) is 0.525. The lowest BCUT2D eigenvalue weighted by Crippen LogP contribution is -2.36. The van der Waals surface area contributed by atoms with Gasteiger partial charge in [-0.1, -0.05) is 11.8 Å². The highest BCUT2D eigenvalue weighted by Gasteiger charge is 2.20. The average Bonchev–Trinajstić information content (AvgIpc) is 2.50. The lowest BCUT2D eigenvalue weighted by Gasteiger charge is -2.25. The predicted molar refractivity (Wildman–Crippen MR) is 84.9 cm³/mol. The van der Waals surface area contributed by atoms with Crippen molar-refractivity contribution < 1.29 is 14.3 Å². The standard InChI is InChI=1S/C16H20FNO2S/c1-12(8-10-21-3)18(2)16(20)14-11-13(5-4-9-19)6-7-15(14)17/h6-7,11-12,19H,8-10H2,1-3H3. The maximum Gasteiger partial charge on any atom is 0.256 e. The topological polar surface area (TPSA) is 40.5 Å². The number of nitrogens with zero attached hydrogens (tertiary/aromatic N) is 1. The van der Waals surface area contributed by atoms with Gasteiger partial charge in [0.1, 0.15) is 12.4 Å². The van der Waals surface area contributed by atoms with Crippen molar-refractivity contribution in [3.63, 3.8) is 0 Å². The van der Waals surface area contributed by atoms with Crippen LogP contribution in [-0.2, 0) is 0 Å². The van der Waals surface area contributed by atoms with E-state index in [1.54, 1.807) is 23.7 Å². The summed E-state index contributed by atoms with van der Waals surface area (Å²) in [6.45, 7) is 1.67. The number of hydrogen-bond acceptors (Lipinski definition) is 3. The molecule has 3 nitrogen and oxygen atoms in total. The van der Waals surface area contributed by atoms with Crippen molar-refractivity contribution in [2.24, 2.45) is 0 Å². The Balaban J connectivity index is 2.95. The maximum atomic E-state index is 13.9. The summed E-state index contributed by atoms with van der Waals surface area (Å²) in [7, 11) is 1.68. The van der Waals surface area contributed by atoms with Crippen molar-refractivity contribution in [2.75, 3.05) is 25.7 Å². The molecule has 1 amide bonds. The molecule has 0 saturated heterocycles. The van der Waals surface area contributed by atoms with Crippen molar-refractivity contribution in [3.05, 3.63) is 35.1 Å². The van der Waals surface area contributed by atoms with E-state index in [4.69, 9.17) is 5.11 Å². The molecule has 0 aromatic heterocycles. The van der Waals surface area contributed by atoms with E-state index >= 15 is 0 Å². The zero-order valence-electron chi connectivity index (χ0n) is 12.5. The number of aliphatic hydroxyl groups is 1. The first kappa shape index (κ1) is 17.5. The number of amides is 1. The molecule has 1 rings (SSSR count). The quantitative estimate of drug-likeness (QED) is 0.849. The normalized spacial score (nSPS) is 11.5. The molecule has 0 fully saturated rings. The summed E-state index contributed by atoms with van der Waals surface area (Å²) in [5, 5.41) is 8.68. The molecule has 0 heterocycles. The van der Waals surface area contributed by atoms with Crippen LogP contribution in [0.3, 0.4) is 0 Å². The van der Waals surface area contributed by atoms with Crippen molar-refractivity contribution in [3.8, 4) is 11.8 Å². The second kappa shape index (κ2) is 8.71. The fraction of sp³-hybridized carbons (Fsp3) is 0.438. The van der Waals surface area contributed by atoms with Gasteiger partial charge in [-0.15, -0.1) is 0 Å². The first-order valence-corrected chi connectivity index (χ1v) is 8.06. The van der Waals surface area contributed by atoms with E-state index in [1.807, 2.05) is 13.2 Å². The number of carbonyl (C=O) groups is 1. The lowest BCUT2D eigenvalue weighted by molar-refractivity contribution is 0.0736. The Labute approximate surface area is 129 Å². The van der Waals surface area contributed by atoms with Gasteiger partial charge in [-0.05, 0) is 43.6 Å². The van der Waals surface area contributed by atoms with Gasteiger partial charge >= 0.3 is 0 Å². The first-order chi connectivity index (χ1) is 10.0. The molecule has 21 heavy (non-hydrogen) atoms. The average molecular weight is 309 g/mol. The fourth-order valence-electron chi connectivity index (χ4n) is 1.78. The molecule has 1 N–H and O–H groups in total. The molecule has 0 spiro atoms. The summed E-state index contributed by atoms with van der Waals surface area (Å²) >= 11 is 1.72. The summed E-state index contributed by atoms with van der Waals surface area (Å²) in [5.74, 6) is 5.20. The van der Waals surface area contributed by atoms with Crippen LogP contribution in [0.2, 0.25) is 0 Å². The van der Waals surface area contributed by atoms with E-state index in [0.29, 0.717) is 5.56 Å². The zero-order valence-corrected chi connectivity index (χ0v) is 13.3. The van der Waals surface area contributed by atoms with Gasteiger partial charge in [-0.25, -0.2) is 4.39 Å². The van der Waals surface area contributed by atoms with Crippen LogP contribution in [0.1, 0.15) is 29.3 Å². The Morgan fingerprint density at radius 1 is 1.52 bits per heavy atom. The highest BCUT2D eigenvalue weighted by molar-refractivity contribution is 7.98. The minimum absolute atomic E-state index is 0.0123. The third-order valence-corrected chi connectivity index (χ3v) is 3.87. The van der Waals surface area contributed by atoms with Gasteiger partial charge in [0.2, 0.25) is 0 Å². The van der Waals surface area contributed by atoms with Crippen LogP contribution in [0.15, 0.2) is 18.2 Å². The third-order valence-electron chi connectivity index (χ3n) is 3.23. The van der Waals surface area contributed by atoms with E-state index in [-0.39, 0.29) is 24.1 Å². The van der Waals surface area contributed by atoms with Gasteiger partial charge in [0.15, 0.2) is 0 Å². The molecular weight excluding hydrogens is 289 g/mol. The van der Waals surface area contributed by atoms with Gasteiger partial charge in [0.05, 0.1) is 5.56 Å². The summed E-state index contributed by atoms with van der Waals surface area (Å²) in [6, 6.07) is 4.19. The highest BCUT2D eigenvalue weighted by Crippen LogP contribution is 2.15. The predicted octanol–water partition coefficient (Wildman–Crippen LogP) is 2.38. The third kappa shape index (κ3) is 5.07. The largest absolute Gasteiger partial charge is 0.384 e. The fourth-order valence-corrected chi connectivity index (χ4v) is 2.36. The molecule has 0 aliphatic heterocycles. The summed E-state index contributed by atoms with van der Waals surface area (Å²) in [6.07, 6.45) is 2.87. The molecule has 1 aromatic carbocycles. The second-order valence-electron chi connectivity index (χ2n) is 4.70. The van der Waals surface area contributed by atoms with Crippen molar-refractivity contribution >= 4 is 17.7 Å². The number of rotatable bonds is 5. The van der Waals surface area contributed by atoms with Crippen LogP contribution in [0.5, 0.6) is 0 Å². The molecular formula is C16H20FNO2S. The Hall–Kier alpha value is -1.51. The van der Waals surface area contributed by atoms with Crippen LogP contribution in [0, 0.1) is 17.7 Å². The monoisotopic (exact) mass is 309 g/mol. The minimum atomic E-state index is -0.557. The molecule has 0 radical (unpaired) electrons. The Morgan fingerprint density at radius 2 is 2.24 bits per heavy atom. The molecule has 1 aromatic rings. The van der Waals surface area contributed by atoms with Crippen LogP contribution in [0.25, 0.3) is 0 Å². The smallest absolute Gasteiger partial charge is 0.256 e. The lowest BCUT2D eigenvalue weighted by atomic mass is 10.1. The maximum absolute atomic E-state index is 13.9. The van der Waals surface area contributed by atoms with E-state index in [0.717, 1.165) is 12.2 Å². The SMILES string of the molecule is CSCCC(C)N(C)C(=O)c1cc(C#CCO)ccc1F. The highest BCUT2D eigenvalue weighted by atomic mass is 32.2. The van der Waals surface area contributed by atoms with Crippen LogP contribution >= 0.6 is 11.8 Å².